The Hall–Kier alpha value is -2.18. The molecule has 72 heavy (non-hydrogen) atoms. The zero-order valence-corrected chi connectivity index (χ0v) is 48.2. The predicted molar refractivity (Wildman–Crippen MR) is 315 cm³/mol. The molecule has 1 amide bonds. The van der Waals surface area contributed by atoms with Crippen LogP contribution in [0.1, 0.15) is 335 Å². The summed E-state index contributed by atoms with van der Waals surface area (Å²) in [6.07, 6.45) is 78.7. The number of carbonyl (C=O) groups is 2. The number of hydrogen-bond acceptors (Lipinski definition) is 5. The van der Waals surface area contributed by atoms with Crippen LogP contribution >= 0.6 is 0 Å². The first-order chi connectivity index (χ1) is 35.5. The zero-order chi connectivity index (χ0) is 52.2. The van der Waals surface area contributed by atoms with Crippen molar-refractivity contribution >= 4 is 11.9 Å². The molecule has 0 heterocycles. The molecule has 0 spiro atoms. The van der Waals surface area contributed by atoms with Crippen LogP contribution in [0.5, 0.6) is 0 Å². The fourth-order valence-corrected chi connectivity index (χ4v) is 9.66. The molecule has 0 radical (unpaired) electrons. The van der Waals surface area contributed by atoms with Gasteiger partial charge >= 0.3 is 5.97 Å². The van der Waals surface area contributed by atoms with Gasteiger partial charge in [0.15, 0.2) is 0 Å². The highest BCUT2D eigenvalue weighted by molar-refractivity contribution is 5.76. The molecule has 0 aliphatic heterocycles. The smallest absolute Gasteiger partial charge is 0.305 e. The Kier molecular flexibility index (Phi) is 59.5. The van der Waals surface area contributed by atoms with Crippen LogP contribution < -0.4 is 5.32 Å². The lowest BCUT2D eigenvalue weighted by Gasteiger charge is -2.20. The van der Waals surface area contributed by atoms with Crippen LogP contribution in [0.15, 0.2) is 48.6 Å². The fourth-order valence-electron chi connectivity index (χ4n) is 9.66. The largest absolute Gasteiger partial charge is 0.466 e. The summed E-state index contributed by atoms with van der Waals surface area (Å²) < 4.78 is 5.48. The van der Waals surface area contributed by atoms with E-state index in [9.17, 15) is 19.8 Å². The van der Waals surface area contributed by atoms with Gasteiger partial charge in [-0.3, -0.25) is 9.59 Å². The molecule has 2 atom stereocenters. The Morgan fingerprint density at radius 3 is 1.08 bits per heavy atom. The second-order valence-electron chi connectivity index (χ2n) is 21.7. The number of hydrogen-bond donors (Lipinski definition) is 3. The summed E-state index contributed by atoms with van der Waals surface area (Å²) in [5.74, 6) is -0.0761. The fraction of sp³-hybridized carbons (Fsp3) is 0.848. The number of nitrogens with one attached hydrogen (secondary N) is 1. The number of rotatable bonds is 59. The third-order valence-electron chi connectivity index (χ3n) is 14.6. The molecule has 2 unspecified atom stereocenters. The molecule has 0 aromatic heterocycles. The van der Waals surface area contributed by atoms with E-state index in [0.717, 1.165) is 57.8 Å². The molecule has 6 nitrogen and oxygen atoms in total. The second kappa shape index (κ2) is 61.4. The van der Waals surface area contributed by atoms with Crippen LogP contribution in [0.3, 0.4) is 0 Å². The minimum atomic E-state index is -0.849. The number of carbonyl (C=O) groups excluding carboxylic acids is 2. The normalized spacial score (nSPS) is 12.9. The van der Waals surface area contributed by atoms with Gasteiger partial charge in [-0.15, -0.1) is 0 Å². The highest BCUT2D eigenvalue weighted by Gasteiger charge is 2.18. The first-order valence-corrected chi connectivity index (χ1v) is 31.9. The number of allylic oxidation sites excluding steroid dienone is 7. The van der Waals surface area contributed by atoms with Crippen molar-refractivity contribution in [1.82, 2.24) is 5.32 Å². The van der Waals surface area contributed by atoms with Crippen molar-refractivity contribution in [3.8, 4) is 0 Å². The molecule has 0 saturated carbocycles. The van der Waals surface area contributed by atoms with Crippen molar-refractivity contribution in [2.75, 3.05) is 13.2 Å². The van der Waals surface area contributed by atoms with Gasteiger partial charge in [-0.2, -0.15) is 0 Å². The Morgan fingerprint density at radius 1 is 0.389 bits per heavy atom. The summed E-state index contributed by atoms with van der Waals surface area (Å²) in [5.41, 5.74) is 0. The van der Waals surface area contributed by atoms with Crippen LogP contribution in [-0.2, 0) is 14.3 Å². The van der Waals surface area contributed by atoms with E-state index in [4.69, 9.17) is 4.74 Å². The summed E-state index contributed by atoms with van der Waals surface area (Å²) in [5, 5.41) is 23.1. The van der Waals surface area contributed by atoms with Gasteiger partial charge in [0.25, 0.3) is 0 Å². The second-order valence-corrected chi connectivity index (χ2v) is 21.7. The third kappa shape index (κ3) is 57.1. The topological polar surface area (TPSA) is 95.9 Å². The lowest BCUT2D eigenvalue weighted by molar-refractivity contribution is -0.143. The van der Waals surface area contributed by atoms with Crippen molar-refractivity contribution in [2.45, 2.75) is 347 Å². The average molecular weight is 1010 g/mol. The van der Waals surface area contributed by atoms with Crippen LogP contribution in [0.2, 0.25) is 0 Å². The molecule has 0 saturated heterocycles. The number of esters is 1. The van der Waals surface area contributed by atoms with Crippen molar-refractivity contribution in [2.24, 2.45) is 0 Å². The minimum Gasteiger partial charge on any atom is -0.466 e. The van der Waals surface area contributed by atoms with Crippen LogP contribution in [-0.4, -0.2) is 47.4 Å². The summed E-state index contributed by atoms with van der Waals surface area (Å²) in [6, 6.07) is -0.633. The lowest BCUT2D eigenvalue weighted by Crippen LogP contribution is -2.45. The molecule has 6 heteroatoms. The number of amides is 1. The van der Waals surface area contributed by atoms with E-state index in [-0.39, 0.29) is 18.5 Å². The van der Waals surface area contributed by atoms with Crippen molar-refractivity contribution < 1.29 is 24.5 Å². The van der Waals surface area contributed by atoms with Crippen LogP contribution in [0.4, 0.5) is 0 Å². The van der Waals surface area contributed by atoms with Gasteiger partial charge in [0.2, 0.25) is 5.91 Å². The monoisotopic (exact) mass is 1010 g/mol. The number of aliphatic hydroxyl groups excluding tert-OH is 2. The third-order valence-corrected chi connectivity index (χ3v) is 14.6. The SMILES string of the molecule is CCCCCC/C=C\C/C=C\CCCCCCCC(=O)OCCCCCCCCCCCCCC/C=C\CCCCCCCCCC(=O)NC(CO)C(O)/C=C/CCCCCCCCCCCCCCCC. The molecule has 0 aromatic carbocycles. The highest BCUT2D eigenvalue weighted by atomic mass is 16.5. The van der Waals surface area contributed by atoms with Crippen molar-refractivity contribution in [3.05, 3.63) is 48.6 Å². The molecule has 3 N–H and O–H groups in total. The van der Waals surface area contributed by atoms with E-state index < -0.39 is 12.1 Å². The van der Waals surface area contributed by atoms with Gasteiger partial charge in [-0.1, -0.05) is 281 Å². The number of unbranched alkanes of at least 4 members (excludes halogenated alkanes) is 42. The first-order valence-electron chi connectivity index (χ1n) is 31.9. The van der Waals surface area contributed by atoms with E-state index in [1.807, 2.05) is 6.08 Å². The molecular formula is C66H123NO5. The molecular weight excluding hydrogens is 887 g/mol. The van der Waals surface area contributed by atoms with E-state index in [1.165, 1.54) is 250 Å². The van der Waals surface area contributed by atoms with Crippen molar-refractivity contribution in [1.29, 1.82) is 0 Å². The van der Waals surface area contributed by atoms with Gasteiger partial charge < -0.3 is 20.3 Å². The summed E-state index contributed by atoms with van der Waals surface area (Å²) in [4.78, 5) is 24.5. The standard InChI is InChI=1S/C66H123NO5/c1-3-5-7-9-11-13-15-17-19-30-34-38-42-46-50-54-58-64(69)63(62-68)67-65(70)59-55-51-47-43-39-35-31-28-26-24-22-21-23-25-27-29-33-37-41-45-49-53-57-61-72-66(71)60-56-52-48-44-40-36-32-20-18-16-14-12-10-8-6-4-2/h14,16,20,24,26,32,54,58,63-64,68-69H,3-13,15,17-19,21-23,25,27-31,33-53,55-57,59-62H2,1-2H3,(H,67,70)/b16-14-,26-24-,32-20-,58-54+. The van der Waals surface area contributed by atoms with E-state index in [0.29, 0.717) is 19.4 Å². The van der Waals surface area contributed by atoms with E-state index in [1.54, 1.807) is 6.08 Å². The van der Waals surface area contributed by atoms with Crippen LogP contribution in [0.25, 0.3) is 0 Å². The van der Waals surface area contributed by atoms with Gasteiger partial charge in [-0.25, -0.2) is 0 Å². The van der Waals surface area contributed by atoms with E-state index >= 15 is 0 Å². The first kappa shape index (κ1) is 69.8. The molecule has 0 aliphatic carbocycles. The number of ether oxygens (including phenoxy) is 1. The maximum atomic E-state index is 12.5. The Balaban J connectivity index is 3.44. The van der Waals surface area contributed by atoms with Gasteiger partial charge in [0, 0.05) is 12.8 Å². The van der Waals surface area contributed by atoms with Gasteiger partial charge in [-0.05, 0) is 89.9 Å². The maximum absolute atomic E-state index is 12.5. The predicted octanol–water partition coefficient (Wildman–Crippen LogP) is 20.1. The lowest BCUT2D eigenvalue weighted by atomic mass is 10.0. The molecule has 422 valence electrons. The quantitative estimate of drug-likeness (QED) is 0.0320. The molecule has 0 aromatic rings. The molecule has 0 aliphatic rings. The average Bonchev–Trinajstić information content (AvgIpc) is 3.38. The summed E-state index contributed by atoms with van der Waals surface area (Å²) >= 11 is 0. The maximum Gasteiger partial charge on any atom is 0.305 e. The van der Waals surface area contributed by atoms with E-state index in [2.05, 4.69) is 55.6 Å². The Bertz CT molecular complexity index is 1210. The molecule has 0 fully saturated rings. The number of aliphatic hydroxyl groups is 2. The molecule has 0 bridgehead atoms. The Labute approximate surface area is 448 Å². The zero-order valence-electron chi connectivity index (χ0n) is 48.2. The van der Waals surface area contributed by atoms with Crippen molar-refractivity contribution in [3.63, 3.8) is 0 Å². The van der Waals surface area contributed by atoms with Gasteiger partial charge in [0.1, 0.15) is 0 Å². The van der Waals surface area contributed by atoms with Crippen LogP contribution in [0, 0.1) is 0 Å². The minimum absolute atomic E-state index is 0.00269. The summed E-state index contributed by atoms with van der Waals surface area (Å²) in [7, 11) is 0. The molecule has 0 rings (SSSR count). The highest BCUT2D eigenvalue weighted by Crippen LogP contribution is 2.17. The van der Waals surface area contributed by atoms with Gasteiger partial charge in [0.05, 0.1) is 25.4 Å². The Morgan fingerprint density at radius 2 is 0.694 bits per heavy atom. The summed E-state index contributed by atoms with van der Waals surface area (Å²) in [6.45, 7) is 4.89.